The topological polar surface area (TPSA) is 112 Å². The van der Waals surface area contributed by atoms with Gasteiger partial charge in [0.2, 0.25) is 0 Å². The van der Waals surface area contributed by atoms with Crippen LogP contribution in [-0.2, 0) is 14.8 Å². The number of aromatic amines is 1. The average Bonchev–Trinajstić information content (AvgIpc) is 2.71. The standard InChI is InChI=1S/C8H13N3O4S/c1-2-6(8(12)13)5-10-16(14,15)7-3-4-9-11-7/h3-4,6,10H,2,5H2,1H3,(H,9,11)(H,12,13). The summed E-state index contributed by atoms with van der Waals surface area (Å²) in [5.74, 6) is -1.74. The lowest BCUT2D eigenvalue weighted by atomic mass is 10.1. The summed E-state index contributed by atoms with van der Waals surface area (Å²) in [4.78, 5) is 10.7. The fourth-order valence-corrected chi connectivity index (χ4v) is 2.08. The highest BCUT2D eigenvalue weighted by molar-refractivity contribution is 7.89. The number of aromatic nitrogens is 2. The van der Waals surface area contributed by atoms with Gasteiger partial charge in [-0.25, -0.2) is 13.1 Å². The number of nitrogens with one attached hydrogen (secondary N) is 2. The monoisotopic (exact) mass is 247 g/mol. The second-order valence-corrected chi connectivity index (χ2v) is 4.95. The fourth-order valence-electron chi connectivity index (χ4n) is 1.09. The average molecular weight is 247 g/mol. The van der Waals surface area contributed by atoms with E-state index < -0.39 is 21.9 Å². The lowest BCUT2D eigenvalue weighted by Gasteiger charge is -2.10. The summed E-state index contributed by atoms with van der Waals surface area (Å²) in [7, 11) is -3.69. The Morgan fingerprint density at radius 1 is 1.69 bits per heavy atom. The third kappa shape index (κ3) is 3.04. The molecule has 1 unspecified atom stereocenters. The molecule has 0 radical (unpaired) electrons. The normalized spacial score (nSPS) is 13.6. The molecule has 3 N–H and O–H groups in total. The Hall–Kier alpha value is -1.41. The molecule has 0 spiro atoms. The summed E-state index contributed by atoms with van der Waals surface area (Å²) in [6, 6.07) is 1.30. The molecule has 1 rings (SSSR count). The number of carboxylic acids is 1. The number of aliphatic carboxylic acids is 1. The highest BCUT2D eigenvalue weighted by Gasteiger charge is 2.20. The minimum absolute atomic E-state index is 0.0762. The number of nitrogens with zero attached hydrogens (tertiary/aromatic N) is 1. The smallest absolute Gasteiger partial charge is 0.307 e. The summed E-state index contributed by atoms with van der Waals surface area (Å²) in [5, 5.41) is 14.5. The maximum absolute atomic E-state index is 11.6. The van der Waals surface area contributed by atoms with Crippen LogP contribution in [0, 0.1) is 5.92 Å². The van der Waals surface area contributed by atoms with E-state index in [2.05, 4.69) is 14.9 Å². The Balaban J connectivity index is 2.65. The van der Waals surface area contributed by atoms with Crippen LogP contribution in [0.15, 0.2) is 17.3 Å². The second kappa shape index (κ2) is 5.08. The van der Waals surface area contributed by atoms with Crippen molar-refractivity contribution in [3.63, 3.8) is 0 Å². The molecule has 1 heterocycles. The van der Waals surface area contributed by atoms with Crippen molar-refractivity contribution >= 4 is 16.0 Å². The molecule has 0 saturated carbocycles. The van der Waals surface area contributed by atoms with Gasteiger partial charge in [-0.1, -0.05) is 6.92 Å². The molecule has 0 fully saturated rings. The summed E-state index contributed by atoms with van der Waals surface area (Å²) in [6.45, 7) is 1.55. The van der Waals surface area contributed by atoms with Crippen LogP contribution >= 0.6 is 0 Å². The second-order valence-electron chi connectivity index (χ2n) is 3.22. The van der Waals surface area contributed by atoms with Crippen molar-refractivity contribution in [2.45, 2.75) is 18.4 Å². The van der Waals surface area contributed by atoms with Crippen molar-refractivity contribution in [3.8, 4) is 0 Å². The zero-order valence-corrected chi connectivity index (χ0v) is 9.49. The third-order valence-corrected chi connectivity index (χ3v) is 3.48. The van der Waals surface area contributed by atoms with Crippen molar-refractivity contribution in [2.24, 2.45) is 5.92 Å². The van der Waals surface area contributed by atoms with Gasteiger partial charge in [-0.05, 0) is 12.5 Å². The van der Waals surface area contributed by atoms with Crippen LogP contribution in [0.25, 0.3) is 0 Å². The molecule has 1 aromatic heterocycles. The van der Waals surface area contributed by atoms with Gasteiger partial charge in [0.1, 0.15) is 0 Å². The van der Waals surface area contributed by atoms with E-state index in [1.54, 1.807) is 6.92 Å². The van der Waals surface area contributed by atoms with E-state index in [1.807, 2.05) is 0 Å². The van der Waals surface area contributed by atoms with Crippen LogP contribution in [0.1, 0.15) is 13.3 Å². The molecule has 0 saturated heterocycles. The molecule has 0 aliphatic rings. The van der Waals surface area contributed by atoms with Crippen LogP contribution in [0.3, 0.4) is 0 Å². The molecule has 0 aliphatic heterocycles. The maximum Gasteiger partial charge on any atom is 0.307 e. The summed E-state index contributed by atoms with van der Waals surface area (Å²) < 4.78 is 25.3. The first-order valence-corrected chi connectivity index (χ1v) is 6.17. The van der Waals surface area contributed by atoms with Gasteiger partial charge in [0.15, 0.2) is 5.03 Å². The lowest BCUT2D eigenvalue weighted by molar-refractivity contribution is -0.141. The zero-order chi connectivity index (χ0) is 12.2. The largest absolute Gasteiger partial charge is 0.481 e. The number of carboxylic acid groups (broad SMARTS) is 1. The Morgan fingerprint density at radius 3 is 2.81 bits per heavy atom. The summed E-state index contributed by atoms with van der Waals surface area (Å²) in [6.07, 6.45) is 1.67. The third-order valence-electron chi connectivity index (χ3n) is 2.13. The molecule has 7 nitrogen and oxygen atoms in total. The van der Waals surface area contributed by atoms with E-state index in [9.17, 15) is 13.2 Å². The molecular weight excluding hydrogens is 234 g/mol. The van der Waals surface area contributed by atoms with E-state index >= 15 is 0 Å². The van der Waals surface area contributed by atoms with Crippen molar-refractivity contribution in [1.82, 2.24) is 14.9 Å². The van der Waals surface area contributed by atoms with E-state index in [1.165, 1.54) is 12.3 Å². The molecule has 0 aliphatic carbocycles. The molecule has 0 amide bonds. The van der Waals surface area contributed by atoms with E-state index in [0.29, 0.717) is 6.42 Å². The van der Waals surface area contributed by atoms with Crippen LogP contribution in [0.2, 0.25) is 0 Å². The first-order valence-electron chi connectivity index (χ1n) is 4.69. The number of carbonyl (C=O) groups is 1. The predicted molar refractivity (Wildman–Crippen MR) is 55.2 cm³/mol. The number of H-pyrrole nitrogens is 1. The number of rotatable bonds is 6. The summed E-state index contributed by atoms with van der Waals surface area (Å²) in [5.41, 5.74) is 0. The first-order chi connectivity index (χ1) is 7.47. The van der Waals surface area contributed by atoms with Crippen LogP contribution in [0.5, 0.6) is 0 Å². The van der Waals surface area contributed by atoms with E-state index in [4.69, 9.17) is 5.11 Å². The minimum atomic E-state index is -3.69. The predicted octanol–water partition coefficient (Wildman–Crippen LogP) is -0.201. The molecular formula is C8H13N3O4S. The van der Waals surface area contributed by atoms with Gasteiger partial charge in [0, 0.05) is 6.54 Å². The highest BCUT2D eigenvalue weighted by atomic mass is 32.2. The molecule has 0 aromatic carbocycles. The van der Waals surface area contributed by atoms with E-state index in [-0.39, 0.29) is 11.6 Å². The molecule has 1 aromatic rings. The Morgan fingerprint density at radius 2 is 2.38 bits per heavy atom. The van der Waals surface area contributed by atoms with E-state index in [0.717, 1.165) is 0 Å². The minimum Gasteiger partial charge on any atom is -0.481 e. The molecule has 16 heavy (non-hydrogen) atoms. The quantitative estimate of drug-likeness (QED) is 0.644. The number of hydrogen-bond acceptors (Lipinski definition) is 4. The zero-order valence-electron chi connectivity index (χ0n) is 8.67. The fraction of sp³-hybridized carbons (Fsp3) is 0.500. The van der Waals surface area contributed by atoms with Gasteiger partial charge in [0.25, 0.3) is 10.0 Å². The first kappa shape index (κ1) is 12.7. The molecule has 8 heteroatoms. The van der Waals surface area contributed by atoms with Crippen LogP contribution in [0.4, 0.5) is 0 Å². The van der Waals surface area contributed by atoms with Crippen LogP contribution in [-0.4, -0.2) is 36.2 Å². The Bertz CT molecular complexity index is 440. The lowest BCUT2D eigenvalue weighted by Crippen LogP contribution is -2.32. The maximum atomic E-state index is 11.6. The molecule has 1 atom stereocenters. The van der Waals surface area contributed by atoms with Gasteiger partial charge >= 0.3 is 5.97 Å². The Kier molecular flexibility index (Phi) is 4.02. The van der Waals surface area contributed by atoms with Gasteiger partial charge in [-0.15, -0.1) is 0 Å². The van der Waals surface area contributed by atoms with Crippen molar-refractivity contribution < 1.29 is 18.3 Å². The van der Waals surface area contributed by atoms with Crippen LogP contribution < -0.4 is 4.72 Å². The Labute approximate surface area is 92.9 Å². The van der Waals surface area contributed by atoms with Crippen molar-refractivity contribution in [1.29, 1.82) is 0 Å². The SMILES string of the molecule is CCC(CNS(=O)(=O)c1ccn[nH]1)C(=O)O. The number of sulfonamides is 1. The van der Waals surface area contributed by atoms with Gasteiger partial charge in [-0.3, -0.25) is 9.89 Å². The highest BCUT2D eigenvalue weighted by Crippen LogP contribution is 2.05. The van der Waals surface area contributed by atoms with Gasteiger partial charge in [-0.2, -0.15) is 5.10 Å². The summed E-state index contributed by atoms with van der Waals surface area (Å²) >= 11 is 0. The number of hydrogen-bond donors (Lipinski definition) is 3. The van der Waals surface area contributed by atoms with Crippen molar-refractivity contribution in [3.05, 3.63) is 12.3 Å². The molecule has 90 valence electrons. The van der Waals surface area contributed by atoms with Crippen molar-refractivity contribution in [2.75, 3.05) is 6.54 Å². The van der Waals surface area contributed by atoms with Gasteiger partial charge in [0.05, 0.1) is 12.1 Å². The van der Waals surface area contributed by atoms with Gasteiger partial charge < -0.3 is 5.11 Å². The molecule has 0 bridgehead atoms.